The summed E-state index contributed by atoms with van der Waals surface area (Å²) in [6.07, 6.45) is 0. The SMILES string of the molecule is Cc1ccc(C(=O)Nc2ccc(N3CCN(C(=O)c4ccc(C)cc4)CC3)cc2)cc1. The van der Waals surface area contributed by atoms with E-state index in [-0.39, 0.29) is 11.8 Å². The number of nitrogens with zero attached hydrogens (tertiary/aromatic N) is 2. The van der Waals surface area contributed by atoms with Crippen molar-refractivity contribution < 1.29 is 9.59 Å². The largest absolute Gasteiger partial charge is 0.368 e. The predicted molar refractivity (Wildman–Crippen MR) is 125 cm³/mol. The normalized spacial score (nSPS) is 13.7. The van der Waals surface area contributed by atoms with Gasteiger partial charge in [-0.15, -0.1) is 0 Å². The van der Waals surface area contributed by atoms with Crippen molar-refractivity contribution in [2.24, 2.45) is 0 Å². The fourth-order valence-electron chi connectivity index (χ4n) is 3.71. The Morgan fingerprint density at radius 1 is 0.677 bits per heavy atom. The van der Waals surface area contributed by atoms with E-state index in [2.05, 4.69) is 10.2 Å². The first kappa shape index (κ1) is 20.7. The van der Waals surface area contributed by atoms with Crippen LogP contribution in [-0.4, -0.2) is 42.9 Å². The molecule has 1 N–H and O–H groups in total. The predicted octanol–water partition coefficient (Wildman–Crippen LogP) is 4.52. The summed E-state index contributed by atoms with van der Waals surface area (Å²) in [5.41, 5.74) is 5.52. The molecule has 31 heavy (non-hydrogen) atoms. The van der Waals surface area contributed by atoms with Crippen LogP contribution in [0.1, 0.15) is 31.8 Å². The van der Waals surface area contributed by atoms with Crippen molar-refractivity contribution in [3.05, 3.63) is 95.1 Å². The van der Waals surface area contributed by atoms with Crippen LogP contribution in [0.4, 0.5) is 11.4 Å². The fraction of sp³-hybridized carbons (Fsp3) is 0.231. The van der Waals surface area contributed by atoms with Gasteiger partial charge in [-0.2, -0.15) is 0 Å². The average molecular weight is 414 g/mol. The lowest BCUT2D eigenvalue weighted by molar-refractivity contribution is 0.0746. The van der Waals surface area contributed by atoms with Crippen molar-refractivity contribution in [1.29, 1.82) is 0 Å². The van der Waals surface area contributed by atoms with E-state index in [0.717, 1.165) is 41.2 Å². The number of carbonyl (C=O) groups excluding carboxylic acids is 2. The summed E-state index contributed by atoms with van der Waals surface area (Å²) in [6.45, 7) is 6.97. The molecule has 0 radical (unpaired) electrons. The van der Waals surface area contributed by atoms with E-state index in [1.165, 1.54) is 0 Å². The van der Waals surface area contributed by atoms with Gasteiger partial charge in [0.1, 0.15) is 0 Å². The highest BCUT2D eigenvalue weighted by Crippen LogP contribution is 2.21. The molecule has 4 rings (SSSR count). The van der Waals surface area contributed by atoms with Crippen LogP contribution in [0.3, 0.4) is 0 Å². The average Bonchev–Trinajstić information content (AvgIpc) is 2.80. The molecule has 0 aromatic heterocycles. The molecule has 1 aliphatic heterocycles. The molecular formula is C26H27N3O2. The lowest BCUT2D eigenvalue weighted by Gasteiger charge is -2.36. The molecule has 0 atom stereocenters. The highest BCUT2D eigenvalue weighted by atomic mass is 16.2. The molecule has 1 aliphatic rings. The van der Waals surface area contributed by atoms with E-state index < -0.39 is 0 Å². The second-order valence-electron chi connectivity index (χ2n) is 8.01. The standard InChI is InChI=1S/C26H27N3O2/c1-19-3-7-21(8-4-19)25(30)27-23-11-13-24(14-12-23)28-15-17-29(18-16-28)26(31)22-9-5-20(2)6-10-22/h3-14H,15-18H2,1-2H3,(H,27,30). The third-order valence-corrected chi connectivity index (χ3v) is 5.67. The Balaban J connectivity index is 1.33. The fourth-order valence-corrected chi connectivity index (χ4v) is 3.71. The van der Waals surface area contributed by atoms with Crippen LogP contribution >= 0.6 is 0 Å². The molecule has 0 bridgehead atoms. The van der Waals surface area contributed by atoms with Crippen LogP contribution < -0.4 is 10.2 Å². The Kier molecular flexibility index (Phi) is 6.03. The number of rotatable bonds is 4. The molecule has 1 fully saturated rings. The molecule has 5 heteroatoms. The second kappa shape index (κ2) is 9.04. The second-order valence-corrected chi connectivity index (χ2v) is 8.01. The summed E-state index contributed by atoms with van der Waals surface area (Å²) in [4.78, 5) is 29.3. The van der Waals surface area contributed by atoms with Crippen LogP contribution in [0.2, 0.25) is 0 Å². The number of amides is 2. The van der Waals surface area contributed by atoms with Crippen LogP contribution in [0.25, 0.3) is 0 Å². The molecule has 3 aromatic rings. The quantitative estimate of drug-likeness (QED) is 0.684. The van der Waals surface area contributed by atoms with E-state index in [4.69, 9.17) is 0 Å². The number of hydrogen-bond donors (Lipinski definition) is 1. The Hall–Kier alpha value is -3.60. The van der Waals surface area contributed by atoms with Crippen molar-refractivity contribution in [3.8, 4) is 0 Å². The van der Waals surface area contributed by atoms with E-state index in [9.17, 15) is 9.59 Å². The van der Waals surface area contributed by atoms with E-state index >= 15 is 0 Å². The van der Waals surface area contributed by atoms with Gasteiger partial charge >= 0.3 is 0 Å². The van der Waals surface area contributed by atoms with Gasteiger partial charge in [-0.1, -0.05) is 35.4 Å². The van der Waals surface area contributed by atoms with Crippen LogP contribution in [0.5, 0.6) is 0 Å². The molecule has 1 saturated heterocycles. The van der Waals surface area contributed by atoms with Gasteiger partial charge < -0.3 is 15.1 Å². The first-order chi connectivity index (χ1) is 15.0. The Labute approximate surface area is 183 Å². The number of benzene rings is 3. The van der Waals surface area contributed by atoms with Crippen molar-refractivity contribution in [2.45, 2.75) is 13.8 Å². The van der Waals surface area contributed by atoms with Crippen molar-refractivity contribution in [2.75, 3.05) is 36.4 Å². The maximum atomic E-state index is 12.7. The van der Waals surface area contributed by atoms with Gasteiger partial charge in [0.05, 0.1) is 0 Å². The number of nitrogens with one attached hydrogen (secondary N) is 1. The minimum atomic E-state index is -0.115. The number of anilines is 2. The third kappa shape index (κ3) is 4.94. The van der Waals surface area contributed by atoms with Crippen LogP contribution in [0.15, 0.2) is 72.8 Å². The molecule has 5 nitrogen and oxygen atoms in total. The van der Waals surface area contributed by atoms with Crippen molar-refractivity contribution in [1.82, 2.24) is 4.90 Å². The summed E-state index contributed by atoms with van der Waals surface area (Å²) >= 11 is 0. The Bertz CT molecular complexity index is 1050. The first-order valence-corrected chi connectivity index (χ1v) is 10.6. The Morgan fingerprint density at radius 3 is 1.74 bits per heavy atom. The maximum Gasteiger partial charge on any atom is 0.255 e. The smallest absolute Gasteiger partial charge is 0.255 e. The van der Waals surface area contributed by atoms with Gasteiger partial charge in [0.25, 0.3) is 11.8 Å². The summed E-state index contributed by atoms with van der Waals surface area (Å²) in [7, 11) is 0. The molecule has 0 aliphatic carbocycles. The first-order valence-electron chi connectivity index (χ1n) is 10.6. The van der Waals surface area contributed by atoms with Gasteiger partial charge in [0.15, 0.2) is 0 Å². The van der Waals surface area contributed by atoms with Crippen molar-refractivity contribution >= 4 is 23.2 Å². The molecule has 158 valence electrons. The summed E-state index contributed by atoms with van der Waals surface area (Å²) in [5, 5.41) is 2.94. The zero-order valence-corrected chi connectivity index (χ0v) is 18.0. The van der Waals surface area contributed by atoms with Gasteiger partial charge in [-0.05, 0) is 62.4 Å². The highest BCUT2D eigenvalue weighted by molar-refractivity contribution is 6.04. The zero-order chi connectivity index (χ0) is 21.8. The molecule has 3 aromatic carbocycles. The molecule has 1 heterocycles. The molecule has 0 spiro atoms. The Morgan fingerprint density at radius 2 is 1.19 bits per heavy atom. The molecule has 0 unspecified atom stereocenters. The van der Waals surface area contributed by atoms with Gasteiger partial charge in [-0.3, -0.25) is 9.59 Å². The zero-order valence-electron chi connectivity index (χ0n) is 18.0. The highest BCUT2D eigenvalue weighted by Gasteiger charge is 2.22. The lowest BCUT2D eigenvalue weighted by Crippen LogP contribution is -2.48. The van der Waals surface area contributed by atoms with Crippen LogP contribution in [-0.2, 0) is 0 Å². The van der Waals surface area contributed by atoms with E-state index in [0.29, 0.717) is 18.7 Å². The van der Waals surface area contributed by atoms with E-state index in [1.54, 1.807) is 0 Å². The summed E-state index contributed by atoms with van der Waals surface area (Å²) in [6, 6.07) is 23.1. The number of piperazine rings is 1. The molecule has 2 amide bonds. The van der Waals surface area contributed by atoms with Gasteiger partial charge in [-0.25, -0.2) is 0 Å². The van der Waals surface area contributed by atoms with Gasteiger partial charge in [0.2, 0.25) is 0 Å². The summed E-state index contributed by atoms with van der Waals surface area (Å²) in [5.74, 6) is -0.0233. The third-order valence-electron chi connectivity index (χ3n) is 5.67. The molecule has 0 saturated carbocycles. The lowest BCUT2D eigenvalue weighted by atomic mass is 10.1. The minimum Gasteiger partial charge on any atom is -0.368 e. The number of aryl methyl sites for hydroxylation is 2. The minimum absolute atomic E-state index is 0.0915. The van der Waals surface area contributed by atoms with E-state index in [1.807, 2.05) is 91.5 Å². The molecular weight excluding hydrogens is 386 g/mol. The number of carbonyl (C=O) groups is 2. The number of hydrogen-bond acceptors (Lipinski definition) is 3. The van der Waals surface area contributed by atoms with Crippen LogP contribution in [0, 0.1) is 13.8 Å². The monoisotopic (exact) mass is 413 g/mol. The van der Waals surface area contributed by atoms with Crippen molar-refractivity contribution in [3.63, 3.8) is 0 Å². The maximum absolute atomic E-state index is 12.7. The topological polar surface area (TPSA) is 52.7 Å². The summed E-state index contributed by atoms with van der Waals surface area (Å²) < 4.78 is 0. The van der Waals surface area contributed by atoms with Gasteiger partial charge in [0, 0.05) is 48.7 Å².